The molecule has 1 unspecified atom stereocenters. The molecule has 0 saturated carbocycles. The molecule has 0 saturated heterocycles. The third kappa shape index (κ3) is 3.68. The normalized spacial score (nSPS) is 12.1. The molecule has 0 aliphatic rings. The van der Waals surface area contributed by atoms with Gasteiger partial charge in [-0.2, -0.15) is 0 Å². The van der Waals surface area contributed by atoms with Gasteiger partial charge in [0.05, 0.1) is 17.3 Å². The molecule has 0 radical (unpaired) electrons. The zero-order valence-corrected chi connectivity index (χ0v) is 12.1. The molecule has 8 nitrogen and oxygen atoms in total. The second-order valence-electron chi connectivity index (χ2n) is 4.88. The van der Waals surface area contributed by atoms with Crippen LogP contribution in [0.4, 0.5) is 0 Å². The smallest absolute Gasteiger partial charge is 0.354 e. The Morgan fingerprint density at radius 3 is 1.74 bits per heavy atom. The summed E-state index contributed by atoms with van der Waals surface area (Å²) >= 11 is 0. The highest BCUT2D eigenvalue weighted by Gasteiger charge is 2.25. The van der Waals surface area contributed by atoms with Crippen molar-refractivity contribution in [3.8, 4) is 0 Å². The lowest BCUT2D eigenvalue weighted by atomic mass is 9.91. The van der Waals surface area contributed by atoms with Crippen LogP contribution in [0.25, 0.3) is 0 Å². The van der Waals surface area contributed by atoms with E-state index in [1.807, 2.05) is 0 Å². The van der Waals surface area contributed by atoms with Crippen LogP contribution in [-0.4, -0.2) is 44.7 Å². The van der Waals surface area contributed by atoms with E-state index in [4.69, 9.17) is 21.7 Å². The SMILES string of the molecule is NCC(N)C(c1cccc(C(=O)O)n1)c1cccc(C(=O)O)n1. The number of hydrogen-bond acceptors (Lipinski definition) is 6. The minimum absolute atomic E-state index is 0.0998. The lowest BCUT2D eigenvalue weighted by molar-refractivity contribution is 0.0680. The minimum Gasteiger partial charge on any atom is -0.477 e. The number of hydrogen-bond donors (Lipinski definition) is 4. The minimum atomic E-state index is -1.17. The predicted octanol–water partition coefficient (Wildman–Crippen LogP) is 0.291. The maximum absolute atomic E-state index is 11.1. The number of carboxylic acids is 2. The largest absolute Gasteiger partial charge is 0.477 e. The summed E-state index contributed by atoms with van der Waals surface area (Å²) in [5.41, 5.74) is 12.1. The molecule has 23 heavy (non-hydrogen) atoms. The number of aromatic carboxylic acids is 2. The number of carbonyl (C=O) groups is 2. The van der Waals surface area contributed by atoms with Crippen LogP contribution in [0.15, 0.2) is 36.4 Å². The van der Waals surface area contributed by atoms with Crippen LogP contribution in [0.1, 0.15) is 38.3 Å². The number of aromatic nitrogens is 2. The maximum atomic E-state index is 11.1. The molecule has 0 aliphatic heterocycles. The van der Waals surface area contributed by atoms with E-state index in [1.165, 1.54) is 12.1 Å². The molecular weight excluding hydrogens is 300 g/mol. The first-order valence-electron chi connectivity index (χ1n) is 6.80. The Kier molecular flexibility index (Phi) is 4.99. The molecule has 1 atom stereocenters. The van der Waals surface area contributed by atoms with Gasteiger partial charge in [-0.25, -0.2) is 19.6 Å². The van der Waals surface area contributed by atoms with Crippen molar-refractivity contribution < 1.29 is 19.8 Å². The van der Waals surface area contributed by atoms with E-state index < -0.39 is 23.9 Å². The first-order chi connectivity index (χ1) is 10.9. The molecule has 2 aromatic heterocycles. The van der Waals surface area contributed by atoms with Crippen LogP contribution >= 0.6 is 0 Å². The van der Waals surface area contributed by atoms with E-state index in [2.05, 4.69) is 9.97 Å². The lowest BCUT2D eigenvalue weighted by Gasteiger charge is -2.22. The van der Waals surface area contributed by atoms with Crippen molar-refractivity contribution in [2.75, 3.05) is 6.54 Å². The Morgan fingerprint density at radius 2 is 1.39 bits per heavy atom. The summed E-state index contributed by atoms with van der Waals surface area (Å²) in [4.78, 5) is 30.3. The van der Waals surface area contributed by atoms with E-state index in [1.54, 1.807) is 24.3 Å². The van der Waals surface area contributed by atoms with Crippen molar-refractivity contribution in [3.63, 3.8) is 0 Å². The molecule has 6 N–H and O–H groups in total. The van der Waals surface area contributed by atoms with Crippen LogP contribution in [0, 0.1) is 0 Å². The van der Waals surface area contributed by atoms with E-state index >= 15 is 0 Å². The van der Waals surface area contributed by atoms with Crippen molar-refractivity contribution in [2.45, 2.75) is 12.0 Å². The Bertz CT molecular complexity index is 677. The number of pyridine rings is 2. The second kappa shape index (κ2) is 6.95. The van der Waals surface area contributed by atoms with Crippen molar-refractivity contribution in [1.82, 2.24) is 9.97 Å². The molecule has 0 aromatic carbocycles. The fourth-order valence-corrected chi connectivity index (χ4v) is 2.21. The summed E-state index contributed by atoms with van der Waals surface area (Å²) in [6, 6.07) is 8.44. The third-order valence-electron chi connectivity index (χ3n) is 3.32. The first-order valence-corrected chi connectivity index (χ1v) is 6.80. The quantitative estimate of drug-likeness (QED) is 0.593. The standard InChI is InChI=1S/C15H16N4O4/c16-7-8(17)13(9-3-1-5-11(18-9)14(20)21)10-4-2-6-12(19-10)15(22)23/h1-6,8,13H,7,16-17H2,(H,20,21)(H,22,23). The first kappa shape index (κ1) is 16.5. The number of nitrogens with zero attached hydrogens (tertiary/aromatic N) is 2. The lowest BCUT2D eigenvalue weighted by Crippen LogP contribution is -2.37. The zero-order valence-electron chi connectivity index (χ0n) is 12.1. The van der Waals surface area contributed by atoms with Crippen molar-refractivity contribution >= 4 is 11.9 Å². The van der Waals surface area contributed by atoms with Crippen molar-refractivity contribution in [1.29, 1.82) is 0 Å². The fraction of sp³-hybridized carbons (Fsp3) is 0.200. The summed E-state index contributed by atoms with van der Waals surface area (Å²) < 4.78 is 0. The van der Waals surface area contributed by atoms with Gasteiger partial charge in [-0.15, -0.1) is 0 Å². The van der Waals surface area contributed by atoms with Gasteiger partial charge in [-0.3, -0.25) is 0 Å². The van der Waals surface area contributed by atoms with Crippen molar-refractivity contribution in [2.24, 2.45) is 11.5 Å². The van der Waals surface area contributed by atoms with Crippen LogP contribution in [0.3, 0.4) is 0 Å². The molecule has 0 fully saturated rings. The van der Waals surface area contributed by atoms with Crippen molar-refractivity contribution in [3.05, 3.63) is 59.2 Å². The summed E-state index contributed by atoms with van der Waals surface area (Å²) in [5.74, 6) is -2.95. The molecule has 8 heteroatoms. The number of rotatable bonds is 6. The Labute approximate surface area is 131 Å². The van der Waals surface area contributed by atoms with Gasteiger partial charge in [0.2, 0.25) is 0 Å². The average molecular weight is 316 g/mol. The zero-order chi connectivity index (χ0) is 17.0. The Morgan fingerprint density at radius 1 is 0.957 bits per heavy atom. The summed E-state index contributed by atoms with van der Waals surface area (Å²) in [5, 5.41) is 18.1. The molecule has 0 amide bonds. The maximum Gasteiger partial charge on any atom is 0.354 e. The highest BCUT2D eigenvalue weighted by Crippen LogP contribution is 2.24. The third-order valence-corrected chi connectivity index (χ3v) is 3.32. The van der Waals surface area contributed by atoms with E-state index in [-0.39, 0.29) is 17.9 Å². The summed E-state index contributed by atoms with van der Waals surface area (Å²) in [7, 11) is 0. The van der Waals surface area contributed by atoms with Gasteiger partial charge in [0.25, 0.3) is 0 Å². The molecule has 0 aliphatic carbocycles. The number of nitrogens with two attached hydrogens (primary N) is 2. The van der Waals surface area contributed by atoms with Crippen LogP contribution in [0.2, 0.25) is 0 Å². The molecule has 2 heterocycles. The van der Waals surface area contributed by atoms with Gasteiger partial charge in [0.1, 0.15) is 11.4 Å². The van der Waals surface area contributed by atoms with Crippen LogP contribution in [0.5, 0.6) is 0 Å². The van der Waals surface area contributed by atoms with Crippen LogP contribution < -0.4 is 11.5 Å². The highest BCUT2D eigenvalue weighted by atomic mass is 16.4. The van der Waals surface area contributed by atoms with E-state index in [0.29, 0.717) is 11.4 Å². The van der Waals surface area contributed by atoms with Gasteiger partial charge >= 0.3 is 11.9 Å². The van der Waals surface area contributed by atoms with Gasteiger partial charge in [0.15, 0.2) is 0 Å². The Hall–Kier alpha value is -2.84. The van der Waals surface area contributed by atoms with Crippen LogP contribution in [-0.2, 0) is 0 Å². The van der Waals surface area contributed by atoms with E-state index in [0.717, 1.165) is 0 Å². The summed E-state index contributed by atoms with van der Waals surface area (Å²) in [6.07, 6.45) is 0. The molecule has 2 aromatic rings. The molecule has 0 spiro atoms. The molecular formula is C15H16N4O4. The number of carboxylic acid groups (broad SMARTS) is 2. The second-order valence-corrected chi connectivity index (χ2v) is 4.88. The monoisotopic (exact) mass is 316 g/mol. The molecule has 0 bridgehead atoms. The predicted molar refractivity (Wildman–Crippen MR) is 81.3 cm³/mol. The fourth-order valence-electron chi connectivity index (χ4n) is 2.21. The molecule has 120 valence electrons. The van der Waals surface area contributed by atoms with Gasteiger partial charge in [-0.1, -0.05) is 12.1 Å². The van der Waals surface area contributed by atoms with Gasteiger partial charge in [0, 0.05) is 12.6 Å². The Balaban J connectivity index is 2.54. The van der Waals surface area contributed by atoms with Gasteiger partial charge < -0.3 is 21.7 Å². The molecule has 2 rings (SSSR count). The van der Waals surface area contributed by atoms with Gasteiger partial charge in [-0.05, 0) is 24.3 Å². The van der Waals surface area contributed by atoms with E-state index in [9.17, 15) is 9.59 Å². The highest BCUT2D eigenvalue weighted by molar-refractivity contribution is 5.85. The summed E-state index contributed by atoms with van der Waals surface area (Å²) in [6.45, 7) is 0.0998. The average Bonchev–Trinajstić information content (AvgIpc) is 2.55. The topological polar surface area (TPSA) is 152 Å².